The molecule has 0 fully saturated rings. The van der Waals surface area contributed by atoms with E-state index in [1.54, 1.807) is 18.2 Å². The van der Waals surface area contributed by atoms with E-state index in [9.17, 15) is 36.7 Å². The van der Waals surface area contributed by atoms with Crippen LogP contribution in [0.25, 0.3) is 10.8 Å². The van der Waals surface area contributed by atoms with Gasteiger partial charge in [0.25, 0.3) is 5.56 Å². The molecule has 2 aromatic carbocycles. The van der Waals surface area contributed by atoms with Gasteiger partial charge in [-0.1, -0.05) is 31.5 Å². The molecule has 1 aromatic heterocycles. The Morgan fingerprint density at radius 2 is 1.66 bits per heavy atom. The highest BCUT2D eigenvalue weighted by molar-refractivity contribution is 6.31. The van der Waals surface area contributed by atoms with Crippen molar-refractivity contribution in [3.63, 3.8) is 0 Å². The van der Waals surface area contributed by atoms with Crippen molar-refractivity contribution in [3.05, 3.63) is 75.2 Å². The first-order valence-electron chi connectivity index (χ1n) is 11.1. The predicted molar refractivity (Wildman–Crippen MR) is 130 cm³/mol. The lowest BCUT2D eigenvalue weighted by Crippen LogP contribution is -2.46. The number of esters is 1. The standard InChI is InChI=1S/C23H17ClF4N2O6.C2H6/c1-35-19(33)8-16(17(31)10-36-22-20(27)14(25)7-15(26)21(22)28)29-18(32)9-30-5-4-11-2-3-12(24)6-13(11)23(30)34;1-2/h2-7,16H,8-10H2,1H3,(H,29,32);1-2H3. The Kier molecular flexibility index (Phi) is 10.8. The van der Waals surface area contributed by atoms with Crippen molar-refractivity contribution in [2.75, 3.05) is 13.7 Å². The van der Waals surface area contributed by atoms with E-state index >= 15 is 0 Å². The molecule has 0 saturated heterocycles. The highest BCUT2D eigenvalue weighted by Gasteiger charge is 2.27. The Labute approximate surface area is 219 Å². The van der Waals surface area contributed by atoms with Crippen LogP contribution in [0, 0.1) is 23.3 Å². The van der Waals surface area contributed by atoms with Crippen molar-refractivity contribution in [1.29, 1.82) is 0 Å². The predicted octanol–water partition coefficient (Wildman–Crippen LogP) is 3.93. The summed E-state index contributed by atoms with van der Waals surface area (Å²) in [5.41, 5.74) is -0.552. The van der Waals surface area contributed by atoms with Crippen LogP contribution in [0.4, 0.5) is 17.6 Å². The molecule has 1 atom stereocenters. The highest BCUT2D eigenvalue weighted by atomic mass is 35.5. The molecule has 1 N–H and O–H groups in total. The number of nitrogens with one attached hydrogen (secondary N) is 1. The molecular formula is C25H23ClF4N2O6. The van der Waals surface area contributed by atoms with Crippen LogP contribution in [0.2, 0.25) is 5.02 Å². The Bertz CT molecular complexity index is 1390. The first-order chi connectivity index (χ1) is 18.0. The molecule has 3 rings (SSSR count). The molecular weight excluding hydrogens is 536 g/mol. The number of nitrogens with zero attached hydrogens (tertiary/aromatic N) is 1. The van der Waals surface area contributed by atoms with Gasteiger partial charge in [-0.05, 0) is 23.6 Å². The number of methoxy groups -OCH3 is 1. The molecule has 0 radical (unpaired) electrons. The smallest absolute Gasteiger partial charge is 0.308 e. The van der Waals surface area contributed by atoms with Crippen LogP contribution < -0.4 is 15.6 Å². The fourth-order valence-electron chi connectivity index (χ4n) is 3.19. The van der Waals surface area contributed by atoms with Gasteiger partial charge in [-0.2, -0.15) is 8.78 Å². The normalized spacial score (nSPS) is 11.3. The molecule has 0 aliphatic rings. The van der Waals surface area contributed by atoms with Gasteiger partial charge >= 0.3 is 5.97 Å². The lowest BCUT2D eigenvalue weighted by atomic mass is 10.1. The van der Waals surface area contributed by atoms with E-state index < -0.39 is 77.9 Å². The topological polar surface area (TPSA) is 104 Å². The summed E-state index contributed by atoms with van der Waals surface area (Å²) in [6, 6.07) is 4.53. The van der Waals surface area contributed by atoms with Gasteiger partial charge in [0.05, 0.1) is 13.5 Å². The average Bonchev–Trinajstić information content (AvgIpc) is 2.90. The molecule has 0 spiro atoms. The summed E-state index contributed by atoms with van der Waals surface area (Å²) >= 11 is 5.92. The minimum Gasteiger partial charge on any atom is -0.479 e. The second-order valence-electron chi connectivity index (χ2n) is 7.43. The zero-order chi connectivity index (χ0) is 28.6. The minimum absolute atomic E-state index is 0.0394. The molecule has 3 aromatic rings. The highest BCUT2D eigenvalue weighted by Crippen LogP contribution is 2.26. The van der Waals surface area contributed by atoms with Crippen LogP contribution in [0.3, 0.4) is 0 Å². The van der Waals surface area contributed by atoms with E-state index in [0.717, 1.165) is 11.7 Å². The average molecular weight is 559 g/mol. The maximum Gasteiger partial charge on any atom is 0.308 e. The van der Waals surface area contributed by atoms with Crippen LogP contribution in [-0.2, 0) is 25.7 Å². The number of carbonyl (C=O) groups excluding carboxylic acids is 3. The van der Waals surface area contributed by atoms with Gasteiger partial charge in [0.1, 0.15) is 19.2 Å². The van der Waals surface area contributed by atoms with Crippen molar-refractivity contribution in [1.82, 2.24) is 9.88 Å². The van der Waals surface area contributed by atoms with E-state index in [-0.39, 0.29) is 11.5 Å². The number of halogens is 5. The summed E-state index contributed by atoms with van der Waals surface area (Å²) < 4.78 is 64.4. The summed E-state index contributed by atoms with van der Waals surface area (Å²) in [7, 11) is 1.02. The van der Waals surface area contributed by atoms with E-state index in [1.807, 2.05) is 13.8 Å². The van der Waals surface area contributed by atoms with Crippen molar-refractivity contribution < 1.29 is 41.4 Å². The van der Waals surface area contributed by atoms with Gasteiger partial charge in [0.15, 0.2) is 23.2 Å². The number of carbonyl (C=O) groups is 3. The molecule has 1 amide bonds. The number of ether oxygens (including phenoxy) is 2. The lowest BCUT2D eigenvalue weighted by Gasteiger charge is -2.18. The van der Waals surface area contributed by atoms with Crippen LogP contribution in [0.15, 0.2) is 41.3 Å². The van der Waals surface area contributed by atoms with E-state index in [4.69, 9.17) is 11.6 Å². The molecule has 8 nitrogen and oxygen atoms in total. The summed E-state index contributed by atoms with van der Waals surface area (Å²) in [5.74, 6) is -11.6. The molecule has 0 bridgehead atoms. The minimum atomic E-state index is -1.87. The van der Waals surface area contributed by atoms with Crippen LogP contribution in [0.1, 0.15) is 20.3 Å². The van der Waals surface area contributed by atoms with E-state index in [0.29, 0.717) is 10.4 Å². The number of pyridine rings is 1. The van der Waals surface area contributed by atoms with E-state index in [2.05, 4.69) is 14.8 Å². The van der Waals surface area contributed by atoms with Gasteiger partial charge in [0, 0.05) is 22.7 Å². The zero-order valence-corrected chi connectivity index (χ0v) is 21.2. The molecule has 0 aliphatic carbocycles. The quantitative estimate of drug-likeness (QED) is 0.242. The third-order valence-electron chi connectivity index (χ3n) is 5.01. The lowest BCUT2D eigenvalue weighted by molar-refractivity contribution is -0.143. The molecule has 13 heteroatoms. The van der Waals surface area contributed by atoms with Crippen LogP contribution in [-0.4, -0.2) is 42.0 Å². The third-order valence-corrected chi connectivity index (χ3v) is 5.24. The molecule has 0 aliphatic heterocycles. The van der Waals surface area contributed by atoms with Gasteiger partial charge in [-0.25, -0.2) is 8.78 Å². The van der Waals surface area contributed by atoms with Crippen molar-refractivity contribution in [3.8, 4) is 5.75 Å². The summed E-state index contributed by atoms with van der Waals surface area (Å²) in [6.07, 6.45) is 0.636. The third kappa shape index (κ3) is 7.31. The molecule has 204 valence electrons. The van der Waals surface area contributed by atoms with Crippen LogP contribution >= 0.6 is 11.6 Å². The number of amides is 1. The number of Topliss-reactive ketones (excluding diaryl/α,β-unsaturated/α-hetero) is 1. The SMILES string of the molecule is CC.COC(=O)CC(NC(=O)Cn1ccc2ccc(Cl)cc2c1=O)C(=O)COc1c(F)c(F)cc(F)c1F. The maximum atomic E-state index is 13.8. The summed E-state index contributed by atoms with van der Waals surface area (Å²) in [5, 5.41) is 3.33. The van der Waals surface area contributed by atoms with Crippen molar-refractivity contribution in [2.45, 2.75) is 32.9 Å². The van der Waals surface area contributed by atoms with E-state index in [1.165, 1.54) is 12.3 Å². The second kappa shape index (κ2) is 13.6. The number of fused-ring (bicyclic) bond motifs is 1. The number of rotatable bonds is 9. The molecule has 1 heterocycles. The Hall–Kier alpha value is -3.93. The molecule has 38 heavy (non-hydrogen) atoms. The summed E-state index contributed by atoms with van der Waals surface area (Å²) in [6.45, 7) is 2.28. The first-order valence-corrected chi connectivity index (χ1v) is 11.5. The number of hydrogen-bond acceptors (Lipinski definition) is 6. The Morgan fingerprint density at radius 1 is 1.03 bits per heavy atom. The summed E-state index contributed by atoms with van der Waals surface area (Å²) in [4.78, 5) is 49.5. The largest absolute Gasteiger partial charge is 0.479 e. The van der Waals surface area contributed by atoms with Gasteiger partial charge in [0.2, 0.25) is 17.5 Å². The van der Waals surface area contributed by atoms with Crippen molar-refractivity contribution >= 4 is 40.0 Å². The first kappa shape index (κ1) is 30.3. The number of hydrogen-bond donors (Lipinski definition) is 1. The number of aromatic nitrogens is 1. The van der Waals surface area contributed by atoms with Gasteiger partial charge in [-0.15, -0.1) is 0 Å². The monoisotopic (exact) mass is 558 g/mol. The van der Waals surface area contributed by atoms with Crippen molar-refractivity contribution in [2.24, 2.45) is 0 Å². The molecule has 0 saturated carbocycles. The maximum absolute atomic E-state index is 13.8. The second-order valence-corrected chi connectivity index (χ2v) is 7.87. The Morgan fingerprint density at radius 3 is 2.26 bits per heavy atom. The zero-order valence-electron chi connectivity index (χ0n) is 20.4. The van der Waals surface area contributed by atoms with Gasteiger partial charge < -0.3 is 19.4 Å². The number of ketones is 1. The number of benzene rings is 2. The Balaban J connectivity index is 0.00000247. The van der Waals surface area contributed by atoms with Gasteiger partial charge in [-0.3, -0.25) is 19.2 Å². The van der Waals surface area contributed by atoms with Crippen LogP contribution in [0.5, 0.6) is 5.75 Å². The fourth-order valence-corrected chi connectivity index (χ4v) is 3.36. The molecule has 1 unspecified atom stereocenters. The fraction of sp³-hybridized carbons (Fsp3) is 0.280.